The molecule has 1 fully saturated rings. The van der Waals surface area contributed by atoms with Crippen molar-refractivity contribution >= 4 is 5.91 Å². The standard InChI is InChI=1S/C10H17NO2/c1-3-8(2)10(12)11-7-9-5-4-6-13-9/h9H,2-7H2,1H3,(H,11,12). The molecular formula is C10H17NO2. The van der Waals surface area contributed by atoms with Gasteiger partial charge < -0.3 is 10.1 Å². The van der Waals surface area contributed by atoms with E-state index >= 15 is 0 Å². The molecule has 74 valence electrons. The van der Waals surface area contributed by atoms with Gasteiger partial charge in [0.15, 0.2) is 0 Å². The van der Waals surface area contributed by atoms with Gasteiger partial charge in [0.05, 0.1) is 6.10 Å². The van der Waals surface area contributed by atoms with Crippen LogP contribution in [0.1, 0.15) is 26.2 Å². The van der Waals surface area contributed by atoms with Gasteiger partial charge in [0, 0.05) is 18.7 Å². The SMILES string of the molecule is C=C(CC)C(=O)NCC1CCCO1. The summed E-state index contributed by atoms with van der Waals surface area (Å²) in [7, 11) is 0. The van der Waals surface area contributed by atoms with E-state index in [2.05, 4.69) is 11.9 Å². The lowest BCUT2D eigenvalue weighted by molar-refractivity contribution is -0.118. The summed E-state index contributed by atoms with van der Waals surface area (Å²) in [4.78, 5) is 11.3. The third kappa shape index (κ3) is 3.19. The summed E-state index contributed by atoms with van der Waals surface area (Å²) in [6, 6.07) is 0. The highest BCUT2D eigenvalue weighted by molar-refractivity contribution is 5.92. The van der Waals surface area contributed by atoms with E-state index in [1.54, 1.807) is 0 Å². The van der Waals surface area contributed by atoms with E-state index in [1.807, 2.05) is 6.92 Å². The van der Waals surface area contributed by atoms with E-state index in [4.69, 9.17) is 4.74 Å². The number of hydrogen-bond acceptors (Lipinski definition) is 2. The van der Waals surface area contributed by atoms with Crippen molar-refractivity contribution in [1.82, 2.24) is 5.32 Å². The zero-order valence-electron chi connectivity index (χ0n) is 8.14. The van der Waals surface area contributed by atoms with Crippen LogP contribution in [0.3, 0.4) is 0 Å². The summed E-state index contributed by atoms with van der Waals surface area (Å²) in [5.74, 6) is -0.0435. The molecule has 1 aliphatic heterocycles. The molecular weight excluding hydrogens is 166 g/mol. The first kappa shape index (κ1) is 10.3. The average molecular weight is 183 g/mol. The van der Waals surface area contributed by atoms with Gasteiger partial charge in [-0.1, -0.05) is 13.5 Å². The lowest BCUT2D eigenvalue weighted by Crippen LogP contribution is -2.32. The van der Waals surface area contributed by atoms with Crippen LogP contribution in [0.15, 0.2) is 12.2 Å². The van der Waals surface area contributed by atoms with Crippen molar-refractivity contribution in [3.05, 3.63) is 12.2 Å². The van der Waals surface area contributed by atoms with Crippen molar-refractivity contribution in [2.45, 2.75) is 32.3 Å². The van der Waals surface area contributed by atoms with Crippen molar-refractivity contribution in [2.24, 2.45) is 0 Å². The molecule has 0 aromatic rings. The van der Waals surface area contributed by atoms with Gasteiger partial charge in [-0.2, -0.15) is 0 Å². The molecule has 0 radical (unpaired) electrons. The highest BCUT2D eigenvalue weighted by atomic mass is 16.5. The van der Waals surface area contributed by atoms with E-state index in [0.29, 0.717) is 18.5 Å². The maximum atomic E-state index is 11.3. The number of rotatable bonds is 4. The minimum atomic E-state index is -0.0435. The van der Waals surface area contributed by atoms with E-state index in [-0.39, 0.29) is 12.0 Å². The molecule has 1 atom stereocenters. The van der Waals surface area contributed by atoms with E-state index in [9.17, 15) is 4.79 Å². The van der Waals surface area contributed by atoms with Crippen molar-refractivity contribution in [3.8, 4) is 0 Å². The topological polar surface area (TPSA) is 38.3 Å². The molecule has 0 spiro atoms. The van der Waals surface area contributed by atoms with Crippen LogP contribution in [0, 0.1) is 0 Å². The lowest BCUT2D eigenvalue weighted by atomic mass is 10.2. The molecule has 0 aliphatic carbocycles. The number of amides is 1. The van der Waals surface area contributed by atoms with E-state index in [1.165, 1.54) is 0 Å². The number of carbonyl (C=O) groups excluding carboxylic acids is 1. The van der Waals surface area contributed by atoms with Crippen LogP contribution in [-0.4, -0.2) is 25.2 Å². The smallest absolute Gasteiger partial charge is 0.246 e. The molecule has 1 heterocycles. The summed E-state index contributed by atoms with van der Waals surface area (Å²) in [6.45, 7) is 7.04. The highest BCUT2D eigenvalue weighted by Gasteiger charge is 2.16. The third-order valence-electron chi connectivity index (χ3n) is 2.26. The molecule has 0 aromatic heterocycles. The van der Waals surface area contributed by atoms with Gasteiger partial charge in [-0.3, -0.25) is 4.79 Å². The molecule has 1 N–H and O–H groups in total. The predicted octanol–water partition coefficient (Wildman–Crippen LogP) is 1.25. The molecule has 1 saturated heterocycles. The zero-order chi connectivity index (χ0) is 9.68. The Morgan fingerprint density at radius 1 is 1.69 bits per heavy atom. The maximum absolute atomic E-state index is 11.3. The summed E-state index contributed by atoms with van der Waals surface area (Å²) in [5, 5.41) is 2.81. The van der Waals surface area contributed by atoms with Gasteiger partial charge in [0.2, 0.25) is 5.91 Å². The first-order valence-corrected chi connectivity index (χ1v) is 4.81. The highest BCUT2D eigenvalue weighted by Crippen LogP contribution is 2.10. The van der Waals surface area contributed by atoms with Crippen molar-refractivity contribution < 1.29 is 9.53 Å². The molecule has 0 bridgehead atoms. The lowest BCUT2D eigenvalue weighted by Gasteiger charge is -2.10. The Hall–Kier alpha value is -0.830. The first-order valence-electron chi connectivity index (χ1n) is 4.81. The molecule has 3 heteroatoms. The second-order valence-corrected chi connectivity index (χ2v) is 3.30. The molecule has 1 rings (SSSR count). The Labute approximate surface area is 79.2 Å². The Kier molecular flexibility index (Phi) is 3.96. The number of carbonyl (C=O) groups is 1. The molecule has 0 saturated carbocycles. The zero-order valence-corrected chi connectivity index (χ0v) is 8.14. The van der Waals surface area contributed by atoms with Gasteiger partial charge in [0.25, 0.3) is 0 Å². The van der Waals surface area contributed by atoms with Crippen LogP contribution in [-0.2, 0) is 9.53 Å². The second-order valence-electron chi connectivity index (χ2n) is 3.30. The van der Waals surface area contributed by atoms with Gasteiger partial charge in [-0.05, 0) is 19.3 Å². The van der Waals surface area contributed by atoms with Crippen LogP contribution in [0.4, 0.5) is 0 Å². The Balaban J connectivity index is 2.17. The molecule has 1 aliphatic rings. The molecule has 3 nitrogen and oxygen atoms in total. The van der Waals surface area contributed by atoms with Gasteiger partial charge in [-0.15, -0.1) is 0 Å². The summed E-state index contributed by atoms with van der Waals surface area (Å²) < 4.78 is 5.37. The maximum Gasteiger partial charge on any atom is 0.246 e. The quantitative estimate of drug-likeness (QED) is 0.666. The number of nitrogens with one attached hydrogen (secondary N) is 1. The first-order chi connectivity index (χ1) is 6.24. The molecule has 13 heavy (non-hydrogen) atoms. The van der Waals surface area contributed by atoms with Crippen LogP contribution in [0.25, 0.3) is 0 Å². The second kappa shape index (κ2) is 5.02. The Morgan fingerprint density at radius 2 is 2.46 bits per heavy atom. The van der Waals surface area contributed by atoms with Crippen molar-refractivity contribution in [3.63, 3.8) is 0 Å². The van der Waals surface area contributed by atoms with Gasteiger partial charge in [-0.25, -0.2) is 0 Å². The van der Waals surface area contributed by atoms with E-state index < -0.39 is 0 Å². The van der Waals surface area contributed by atoms with Crippen LogP contribution >= 0.6 is 0 Å². The third-order valence-corrected chi connectivity index (χ3v) is 2.26. The van der Waals surface area contributed by atoms with Gasteiger partial charge >= 0.3 is 0 Å². The summed E-state index contributed by atoms with van der Waals surface area (Å²) >= 11 is 0. The molecule has 1 unspecified atom stereocenters. The van der Waals surface area contributed by atoms with Crippen molar-refractivity contribution in [1.29, 1.82) is 0 Å². The number of ether oxygens (including phenoxy) is 1. The van der Waals surface area contributed by atoms with Crippen LogP contribution in [0.5, 0.6) is 0 Å². The Bertz CT molecular complexity index is 195. The summed E-state index contributed by atoms with van der Waals surface area (Å²) in [5.41, 5.74) is 0.637. The fraction of sp³-hybridized carbons (Fsp3) is 0.700. The molecule has 0 aromatic carbocycles. The van der Waals surface area contributed by atoms with E-state index in [0.717, 1.165) is 19.4 Å². The molecule has 1 amide bonds. The predicted molar refractivity (Wildman–Crippen MR) is 51.4 cm³/mol. The monoisotopic (exact) mass is 183 g/mol. The largest absolute Gasteiger partial charge is 0.376 e. The Morgan fingerprint density at radius 3 is 3.00 bits per heavy atom. The van der Waals surface area contributed by atoms with Crippen LogP contribution in [0.2, 0.25) is 0 Å². The van der Waals surface area contributed by atoms with Crippen LogP contribution < -0.4 is 5.32 Å². The minimum absolute atomic E-state index is 0.0435. The average Bonchev–Trinajstić information content (AvgIpc) is 2.65. The number of hydrogen-bond donors (Lipinski definition) is 1. The minimum Gasteiger partial charge on any atom is -0.376 e. The normalized spacial score (nSPS) is 21.5. The fourth-order valence-electron chi connectivity index (χ4n) is 1.30. The van der Waals surface area contributed by atoms with Gasteiger partial charge in [0.1, 0.15) is 0 Å². The fourth-order valence-corrected chi connectivity index (χ4v) is 1.30. The summed E-state index contributed by atoms with van der Waals surface area (Å²) in [6.07, 6.45) is 3.08. The van der Waals surface area contributed by atoms with Crippen molar-refractivity contribution in [2.75, 3.05) is 13.2 Å².